The molecule has 0 bridgehead atoms. The van der Waals surface area contributed by atoms with E-state index < -0.39 is 5.60 Å². The molecule has 2 unspecified atom stereocenters. The van der Waals surface area contributed by atoms with Crippen LogP contribution in [0.2, 0.25) is 0 Å². The van der Waals surface area contributed by atoms with Crippen LogP contribution in [0.4, 0.5) is 0 Å². The van der Waals surface area contributed by atoms with Gasteiger partial charge in [0.15, 0.2) is 0 Å². The average molecular weight is 243 g/mol. The lowest BCUT2D eigenvalue weighted by molar-refractivity contribution is 0.0233. The van der Waals surface area contributed by atoms with Gasteiger partial charge in [0.2, 0.25) is 0 Å². The van der Waals surface area contributed by atoms with E-state index in [1.165, 1.54) is 37.9 Å². The van der Waals surface area contributed by atoms with Gasteiger partial charge in [-0.1, -0.05) is 32.6 Å². The van der Waals surface area contributed by atoms with Gasteiger partial charge < -0.3 is 10.4 Å². The van der Waals surface area contributed by atoms with E-state index in [0.29, 0.717) is 6.04 Å². The van der Waals surface area contributed by atoms with Crippen molar-refractivity contribution in [1.29, 1.82) is 0 Å². The zero-order chi connectivity index (χ0) is 11.4. The third kappa shape index (κ3) is 3.64. The molecule has 2 nitrogen and oxygen atoms in total. The minimum absolute atomic E-state index is 0.410. The molecule has 2 N–H and O–H groups in total. The molecule has 0 spiro atoms. The SMILES string of the molecule is CC1CC(NCC2(O)CCCCCC2)CS1. The van der Waals surface area contributed by atoms with Gasteiger partial charge in [0, 0.05) is 23.6 Å². The Kier molecular flexibility index (Phi) is 4.57. The molecule has 1 aliphatic carbocycles. The van der Waals surface area contributed by atoms with Gasteiger partial charge in [-0.25, -0.2) is 0 Å². The van der Waals surface area contributed by atoms with Gasteiger partial charge in [-0.05, 0) is 19.3 Å². The second-order valence-corrected chi connectivity index (χ2v) is 7.07. The molecule has 1 aliphatic heterocycles. The van der Waals surface area contributed by atoms with Gasteiger partial charge in [0.05, 0.1) is 5.60 Å². The summed E-state index contributed by atoms with van der Waals surface area (Å²) in [5, 5.41) is 14.9. The minimum Gasteiger partial charge on any atom is -0.389 e. The summed E-state index contributed by atoms with van der Waals surface area (Å²) in [4.78, 5) is 0. The minimum atomic E-state index is -0.410. The van der Waals surface area contributed by atoms with Crippen molar-refractivity contribution in [2.24, 2.45) is 0 Å². The van der Waals surface area contributed by atoms with E-state index in [1.54, 1.807) is 0 Å². The molecule has 2 aliphatic rings. The fraction of sp³-hybridized carbons (Fsp3) is 1.00. The zero-order valence-corrected chi connectivity index (χ0v) is 11.2. The van der Waals surface area contributed by atoms with E-state index in [-0.39, 0.29) is 0 Å². The first-order chi connectivity index (χ1) is 7.68. The van der Waals surface area contributed by atoms with E-state index in [9.17, 15) is 5.11 Å². The van der Waals surface area contributed by atoms with Gasteiger partial charge in [0.25, 0.3) is 0 Å². The van der Waals surface area contributed by atoms with E-state index >= 15 is 0 Å². The third-order valence-corrected chi connectivity index (χ3v) is 5.31. The Morgan fingerprint density at radius 3 is 2.50 bits per heavy atom. The van der Waals surface area contributed by atoms with Gasteiger partial charge >= 0.3 is 0 Å². The van der Waals surface area contributed by atoms with Crippen LogP contribution < -0.4 is 5.32 Å². The van der Waals surface area contributed by atoms with E-state index in [4.69, 9.17) is 0 Å². The maximum Gasteiger partial charge on any atom is 0.0771 e. The first kappa shape index (κ1) is 12.7. The fourth-order valence-electron chi connectivity index (χ4n) is 2.86. The topological polar surface area (TPSA) is 32.3 Å². The molecule has 2 atom stereocenters. The summed E-state index contributed by atoms with van der Waals surface area (Å²) < 4.78 is 0. The number of hydrogen-bond acceptors (Lipinski definition) is 3. The molecule has 0 aromatic carbocycles. The monoisotopic (exact) mass is 243 g/mol. The van der Waals surface area contributed by atoms with Gasteiger partial charge in [-0.15, -0.1) is 0 Å². The first-order valence-electron chi connectivity index (χ1n) is 6.75. The maximum atomic E-state index is 10.5. The van der Waals surface area contributed by atoms with Crippen molar-refractivity contribution < 1.29 is 5.11 Å². The van der Waals surface area contributed by atoms with Crippen molar-refractivity contribution in [3.8, 4) is 0 Å². The van der Waals surface area contributed by atoms with E-state index in [0.717, 1.165) is 24.6 Å². The molecule has 16 heavy (non-hydrogen) atoms. The van der Waals surface area contributed by atoms with Crippen molar-refractivity contribution >= 4 is 11.8 Å². The lowest BCUT2D eigenvalue weighted by atomic mass is 9.94. The molecule has 2 fully saturated rings. The molecule has 1 heterocycles. The van der Waals surface area contributed by atoms with Gasteiger partial charge in [-0.2, -0.15) is 11.8 Å². The van der Waals surface area contributed by atoms with Crippen molar-refractivity contribution in [2.45, 2.75) is 68.8 Å². The highest BCUT2D eigenvalue weighted by atomic mass is 32.2. The van der Waals surface area contributed by atoms with Crippen LogP contribution in [0.3, 0.4) is 0 Å². The zero-order valence-electron chi connectivity index (χ0n) is 10.4. The van der Waals surface area contributed by atoms with Crippen molar-refractivity contribution in [3.63, 3.8) is 0 Å². The molecule has 3 heteroatoms. The lowest BCUT2D eigenvalue weighted by Crippen LogP contribution is -2.44. The molecular formula is C13H25NOS. The molecule has 1 saturated carbocycles. The Labute approximate surface area is 104 Å². The smallest absolute Gasteiger partial charge is 0.0771 e. The van der Waals surface area contributed by atoms with E-state index in [2.05, 4.69) is 24.0 Å². The predicted octanol–water partition coefficient (Wildman–Crippen LogP) is 2.56. The number of nitrogens with one attached hydrogen (secondary N) is 1. The number of aliphatic hydroxyl groups is 1. The van der Waals surface area contributed by atoms with Crippen LogP contribution in [0.5, 0.6) is 0 Å². The van der Waals surface area contributed by atoms with Gasteiger partial charge in [0.1, 0.15) is 0 Å². The normalized spacial score (nSPS) is 34.9. The second-order valence-electron chi connectivity index (χ2n) is 5.60. The van der Waals surface area contributed by atoms with Crippen LogP contribution in [0.1, 0.15) is 51.9 Å². The fourth-order valence-corrected chi connectivity index (χ4v) is 4.04. The summed E-state index contributed by atoms with van der Waals surface area (Å²) in [5.74, 6) is 1.22. The Balaban J connectivity index is 1.74. The highest BCUT2D eigenvalue weighted by molar-refractivity contribution is 8.00. The van der Waals surface area contributed by atoms with Crippen LogP contribution >= 0.6 is 11.8 Å². The third-order valence-electron chi connectivity index (χ3n) is 3.95. The highest BCUT2D eigenvalue weighted by Crippen LogP contribution is 2.29. The Morgan fingerprint density at radius 1 is 1.25 bits per heavy atom. The Morgan fingerprint density at radius 2 is 1.94 bits per heavy atom. The molecular weight excluding hydrogens is 218 g/mol. The van der Waals surface area contributed by atoms with Crippen LogP contribution in [0.15, 0.2) is 0 Å². The summed E-state index contributed by atoms with van der Waals surface area (Å²) in [6.07, 6.45) is 8.27. The molecule has 0 aromatic heterocycles. The van der Waals surface area contributed by atoms with E-state index in [1.807, 2.05) is 0 Å². The largest absolute Gasteiger partial charge is 0.389 e. The molecule has 1 saturated heterocycles. The first-order valence-corrected chi connectivity index (χ1v) is 7.80. The van der Waals surface area contributed by atoms with Crippen molar-refractivity contribution in [1.82, 2.24) is 5.32 Å². The summed E-state index contributed by atoms with van der Waals surface area (Å²) in [6, 6.07) is 0.632. The summed E-state index contributed by atoms with van der Waals surface area (Å²) in [5.41, 5.74) is -0.410. The quantitative estimate of drug-likeness (QED) is 0.747. The van der Waals surface area contributed by atoms with Crippen LogP contribution in [0.25, 0.3) is 0 Å². The average Bonchev–Trinajstić information content (AvgIpc) is 2.54. The predicted molar refractivity (Wildman–Crippen MR) is 71.0 cm³/mol. The summed E-state index contributed by atoms with van der Waals surface area (Å²) in [6.45, 7) is 3.11. The summed E-state index contributed by atoms with van der Waals surface area (Å²) in [7, 11) is 0. The summed E-state index contributed by atoms with van der Waals surface area (Å²) >= 11 is 2.05. The van der Waals surface area contributed by atoms with Crippen LogP contribution in [-0.2, 0) is 0 Å². The molecule has 94 valence electrons. The van der Waals surface area contributed by atoms with Crippen LogP contribution in [0, 0.1) is 0 Å². The molecule has 2 rings (SSSR count). The Bertz CT molecular complexity index is 214. The second kappa shape index (κ2) is 5.74. The number of hydrogen-bond donors (Lipinski definition) is 2. The van der Waals surface area contributed by atoms with Crippen molar-refractivity contribution in [3.05, 3.63) is 0 Å². The lowest BCUT2D eigenvalue weighted by Gasteiger charge is -2.28. The van der Waals surface area contributed by atoms with Crippen molar-refractivity contribution in [2.75, 3.05) is 12.3 Å². The van der Waals surface area contributed by atoms with Crippen LogP contribution in [-0.4, -0.2) is 34.3 Å². The van der Waals surface area contributed by atoms with Gasteiger partial charge in [-0.3, -0.25) is 0 Å². The highest BCUT2D eigenvalue weighted by Gasteiger charge is 2.30. The maximum absolute atomic E-state index is 10.5. The molecule has 0 radical (unpaired) electrons. The number of rotatable bonds is 3. The molecule has 0 amide bonds. The molecule has 0 aromatic rings. The Hall–Kier alpha value is 0.270. The number of thioether (sulfide) groups is 1. The standard InChI is InChI=1S/C13H25NOS/c1-11-8-12(9-16-11)14-10-13(15)6-4-2-3-5-7-13/h11-12,14-15H,2-10H2,1H3.